The Hall–Kier alpha value is -0.850. The topological polar surface area (TPSA) is 0 Å². The van der Waals surface area contributed by atoms with Crippen molar-refractivity contribution in [3.63, 3.8) is 0 Å². The molecule has 0 unspecified atom stereocenters. The van der Waals surface area contributed by atoms with Crippen molar-refractivity contribution in [2.24, 2.45) is 5.92 Å². The SMILES string of the molecule is Cc1cc(C)c(CC(C)C)c(CF)c1. The first kappa shape index (κ1) is 11.2. The van der Waals surface area contributed by atoms with E-state index in [1.807, 2.05) is 13.0 Å². The average molecular weight is 194 g/mol. The number of halogens is 1. The molecule has 78 valence electrons. The molecule has 1 aromatic rings. The Morgan fingerprint density at radius 3 is 2.36 bits per heavy atom. The summed E-state index contributed by atoms with van der Waals surface area (Å²) in [6.07, 6.45) is 0.978. The maximum absolute atomic E-state index is 12.8. The third-order valence-corrected chi connectivity index (χ3v) is 2.47. The molecule has 0 heterocycles. The lowest BCUT2D eigenvalue weighted by molar-refractivity contribution is 0.479. The van der Waals surface area contributed by atoms with E-state index < -0.39 is 0 Å². The van der Waals surface area contributed by atoms with Crippen LogP contribution in [0.1, 0.15) is 36.1 Å². The molecule has 0 amide bonds. The van der Waals surface area contributed by atoms with Crippen LogP contribution in [0.3, 0.4) is 0 Å². The van der Waals surface area contributed by atoms with E-state index >= 15 is 0 Å². The highest BCUT2D eigenvalue weighted by molar-refractivity contribution is 5.38. The van der Waals surface area contributed by atoms with Gasteiger partial charge in [0.25, 0.3) is 0 Å². The fourth-order valence-electron chi connectivity index (χ4n) is 1.91. The van der Waals surface area contributed by atoms with E-state index in [1.54, 1.807) is 0 Å². The van der Waals surface area contributed by atoms with E-state index in [1.165, 1.54) is 11.1 Å². The van der Waals surface area contributed by atoms with Crippen LogP contribution in [0.15, 0.2) is 12.1 Å². The van der Waals surface area contributed by atoms with E-state index in [0.29, 0.717) is 5.92 Å². The van der Waals surface area contributed by atoms with Crippen molar-refractivity contribution in [3.8, 4) is 0 Å². The van der Waals surface area contributed by atoms with E-state index in [9.17, 15) is 4.39 Å². The van der Waals surface area contributed by atoms with Crippen molar-refractivity contribution in [2.75, 3.05) is 0 Å². The van der Waals surface area contributed by atoms with Crippen LogP contribution in [0.2, 0.25) is 0 Å². The van der Waals surface area contributed by atoms with Crippen molar-refractivity contribution < 1.29 is 4.39 Å². The molecule has 0 nitrogen and oxygen atoms in total. The smallest absolute Gasteiger partial charge is 0.115 e. The summed E-state index contributed by atoms with van der Waals surface area (Å²) >= 11 is 0. The molecule has 0 fully saturated rings. The Kier molecular flexibility index (Phi) is 3.68. The lowest BCUT2D eigenvalue weighted by atomic mass is 9.93. The van der Waals surface area contributed by atoms with E-state index in [4.69, 9.17) is 0 Å². The summed E-state index contributed by atoms with van der Waals surface area (Å²) in [5.74, 6) is 0.585. The van der Waals surface area contributed by atoms with Gasteiger partial charge in [-0.25, -0.2) is 4.39 Å². The maximum atomic E-state index is 12.8. The molecule has 1 rings (SSSR count). The van der Waals surface area contributed by atoms with Crippen LogP contribution in [-0.4, -0.2) is 0 Å². The summed E-state index contributed by atoms with van der Waals surface area (Å²) in [5.41, 5.74) is 4.46. The fraction of sp³-hybridized carbons (Fsp3) is 0.538. The van der Waals surface area contributed by atoms with Gasteiger partial charge in [-0.3, -0.25) is 0 Å². The molecular weight excluding hydrogens is 175 g/mol. The quantitative estimate of drug-likeness (QED) is 0.683. The van der Waals surface area contributed by atoms with Gasteiger partial charge in [-0.1, -0.05) is 31.5 Å². The van der Waals surface area contributed by atoms with Gasteiger partial charge >= 0.3 is 0 Å². The first-order chi connectivity index (χ1) is 6.54. The number of rotatable bonds is 3. The zero-order valence-corrected chi connectivity index (χ0v) is 9.52. The Morgan fingerprint density at radius 2 is 1.86 bits per heavy atom. The van der Waals surface area contributed by atoms with Crippen LogP contribution < -0.4 is 0 Å². The first-order valence-electron chi connectivity index (χ1n) is 5.19. The Morgan fingerprint density at radius 1 is 1.21 bits per heavy atom. The highest BCUT2D eigenvalue weighted by Gasteiger charge is 2.08. The molecule has 1 aromatic carbocycles. The molecule has 0 atom stereocenters. The minimum atomic E-state index is -0.343. The van der Waals surface area contributed by atoms with Crippen LogP contribution >= 0.6 is 0 Å². The summed E-state index contributed by atoms with van der Waals surface area (Å²) < 4.78 is 12.8. The molecular formula is C13H19F. The van der Waals surface area contributed by atoms with Gasteiger partial charge in [-0.2, -0.15) is 0 Å². The monoisotopic (exact) mass is 194 g/mol. The Balaban J connectivity index is 3.11. The lowest BCUT2D eigenvalue weighted by Crippen LogP contribution is -2.02. The molecule has 0 aromatic heterocycles. The molecule has 0 aliphatic rings. The number of benzene rings is 1. The highest BCUT2D eigenvalue weighted by atomic mass is 19.1. The first-order valence-corrected chi connectivity index (χ1v) is 5.19. The average Bonchev–Trinajstić information content (AvgIpc) is 2.08. The number of aryl methyl sites for hydroxylation is 2. The fourth-order valence-corrected chi connectivity index (χ4v) is 1.91. The highest BCUT2D eigenvalue weighted by Crippen LogP contribution is 2.21. The van der Waals surface area contributed by atoms with Gasteiger partial charge in [-0.15, -0.1) is 0 Å². The number of alkyl halides is 1. The van der Waals surface area contributed by atoms with Gasteiger partial charge in [-0.05, 0) is 42.9 Å². The second kappa shape index (κ2) is 4.59. The molecule has 0 bridgehead atoms. The van der Waals surface area contributed by atoms with Crippen LogP contribution in [0.4, 0.5) is 4.39 Å². The Bertz CT molecular complexity index is 313. The zero-order valence-electron chi connectivity index (χ0n) is 9.52. The molecule has 0 aliphatic heterocycles. The van der Waals surface area contributed by atoms with E-state index in [-0.39, 0.29) is 6.67 Å². The van der Waals surface area contributed by atoms with Crippen LogP contribution in [0.5, 0.6) is 0 Å². The lowest BCUT2D eigenvalue weighted by Gasteiger charge is -2.13. The summed E-state index contributed by atoms with van der Waals surface area (Å²) in [7, 11) is 0. The van der Waals surface area contributed by atoms with Crippen molar-refractivity contribution in [1.82, 2.24) is 0 Å². The third-order valence-electron chi connectivity index (χ3n) is 2.47. The standard InChI is InChI=1S/C13H19F/c1-9(2)5-13-11(4)6-10(3)7-12(13)8-14/h6-7,9H,5,8H2,1-4H3. The van der Waals surface area contributed by atoms with Crippen LogP contribution in [0, 0.1) is 19.8 Å². The Labute approximate surface area is 86.2 Å². The van der Waals surface area contributed by atoms with Gasteiger partial charge in [0.1, 0.15) is 6.67 Å². The van der Waals surface area contributed by atoms with Crippen molar-refractivity contribution in [3.05, 3.63) is 34.4 Å². The van der Waals surface area contributed by atoms with Crippen LogP contribution in [0.25, 0.3) is 0 Å². The molecule has 0 aliphatic carbocycles. The molecule has 0 saturated heterocycles. The largest absolute Gasteiger partial charge is 0.246 e. The predicted octanol–water partition coefficient (Wildman–Crippen LogP) is 3.97. The minimum Gasteiger partial charge on any atom is -0.246 e. The third kappa shape index (κ3) is 2.57. The van der Waals surface area contributed by atoms with E-state index in [0.717, 1.165) is 17.5 Å². The molecule has 0 N–H and O–H groups in total. The summed E-state index contributed by atoms with van der Waals surface area (Å²) in [6.45, 7) is 8.09. The second-order valence-corrected chi connectivity index (χ2v) is 4.45. The number of hydrogen-bond acceptors (Lipinski definition) is 0. The van der Waals surface area contributed by atoms with E-state index in [2.05, 4.69) is 26.8 Å². The van der Waals surface area contributed by atoms with Gasteiger partial charge in [0, 0.05) is 0 Å². The van der Waals surface area contributed by atoms with Gasteiger partial charge < -0.3 is 0 Å². The minimum absolute atomic E-state index is 0.343. The summed E-state index contributed by atoms with van der Waals surface area (Å²) in [4.78, 5) is 0. The maximum Gasteiger partial charge on any atom is 0.115 e. The molecule has 0 radical (unpaired) electrons. The van der Waals surface area contributed by atoms with Crippen molar-refractivity contribution >= 4 is 0 Å². The van der Waals surface area contributed by atoms with Crippen molar-refractivity contribution in [1.29, 1.82) is 0 Å². The van der Waals surface area contributed by atoms with Crippen molar-refractivity contribution in [2.45, 2.75) is 40.8 Å². The second-order valence-electron chi connectivity index (χ2n) is 4.45. The van der Waals surface area contributed by atoms with Crippen LogP contribution in [-0.2, 0) is 13.1 Å². The normalized spacial score (nSPS) is 11.0. The van der Waals surface area contributed by atoms with Gasteiger partial charge in [0.15, 0.2) is 0 Å². The van der Waals surface area contributed by atoms with Gasteiger partial charge in [0.05, 0.1) is 0 Å². The number of hydrogen-bond donors (Lipinski definition) is 0. The molecule has 0 saturated carbocycles. The van der Waals surface area contributed by atoms with Gasteiger partial charge in [0.2, 0.25) is 0 Å². The molecule has 1 heteroatoms. The summed E-state index contributed by atoms with van der Waals surface area (Å²) in [6, 6.07) is 4.10. The molecule has 0 spiro atoms. The molecule has 14 heavy (non-hydrogen) atoms. The zero-order chi connectivity index (χ0) is 10.7. The predicted molar refractivity (Wildman–Crippen MR) is 59.3 cm³/mol. The summed E-state index contributed by atoms with van der Waals surface area (Å²) in [5, 5.41) is 0.